The average molecular weight is 479 g/mol. The number of aliphatic carboxylic acids is 1. The van der Waals surface area contributed by atoms with Gasteiger partial charge in [-0.1, -0.05) is 87.6 Å². The van der Waals surface area contributed by atoms with Crippen LogP contribution in [0.1, 0.15) is 68.9 Å². The summed E-state index contributed by atoms with van der Waals surface area (Å²) in [7, 11) is 0. The number of alkyl carbamates (subject to hydrolysis) is 1. The number of fused-ring (bicyclic) bond motifs is 3. The number of carbonyl (C=O) groups excluding carboxylic acids is 2. The first kappa shape index (κ1) is 24.8. The van der Waals surface area contributed by atoms with Crippen LogP contribution in [0.2, 0.25) is 0 Å². The first-order chi connectivity index (χ1) is 17.0. The largest absolute Gasteiger partial charge is 0.480 e. The van der Waals surface area contributed by atoms with Gasteiger partial charge in [0.2, 0.25) is 5.91 Å². The molecule has 1 unspecified atom stereocenters. The molecule has 3 N–H and O–H groups in total. The van der Waals surface area contributed by atoms with E-state index in [0.717, 1.165) is 47.9 Å². The van der Waals surface area contributed by atoms with Gasteiger partial charge in [-0.3, -0.25) is 4.79 Å². The number of hydrogen-bond acceptors (Lipinski definition) is 4. The molecule has 1 fully saturated rings. The minimum atomic E-state index is -1.04. The molecule has 2 aliphatic carbocycles. The SMILES string of the molecule is CC[C@H](NC(=O)OCC1c2ccccc2-c2ccccc21)C(=O)NC(CC1CCCCC1)C(=O)O. The van der Waals surface area contributed by atoms with Crippen molar-refractivity contribution in [3.63, 3.8) is 0 Å². The summed E-state index contributed by atoms with van der Waals surface area (Å²) in [5, 5.41) is 14.9. The molecule has 2 aromatic carbocycles. The zero-order chi connectivity index (χ0) is 24.8. The number of rotatable bonds is 9. The molecule has 2 aliphatic rings. The average Bonchev–Trinajstić information content (AvgIpc) is 3.19. The van der Waals surface area contributed by atoms with Crippen molar-refractivity contribution in [2.45, 2.75) is 69.9 Å². The maximum atomic E-state index is 12.8. The zero-order valence-corrected chi connectivity index (χ0v) is 20.2. The molecule has 7 heteroatoms. The van der Waals surface area contributed by atoms with Crippen LogP contribution in [-0.4, -0.2) is 41.8 Å². The molecule has 0 bridgehead atoms. The van der Waals surface area contributed by atoms with Crippen molar-refractivity contribution in [2.75, 3.05) is 6.61 Å². The van der Waals surface area contributed by atoms with E-state index in [2.05, 4.69) is 22.8 Å². The van der Waals surface area contributed by atoms with Crippen LogP contribution in [0.4, 0.5) is 4.79 Å². The van der Waals surface area contributed by atoms with E-state index < -0.39 is 30.1 Å². The highest BCUT2D eigenvalue weighted by Crippen LogP contribution is 2.44. The topological polar surface area (TPSA) is 105 Å². The maximum Gasteiger partial charge on any atom is 0.407 e. The van der Waals surface area contributed by atoms with Gasteiger partial charge in [0.05, 0.1) is 0 Å². The predicted octanol–water partition coefficient (Wildman–Crippen LogP) is 4.84. The standard InChI is InChI=1S/C28H34N2O5/c1-2-24(26(31)29-25(27(32)33)16-18-10-4-3-5-11-18)30-28(34)35-17-23-21-14-8-6-12-19(21)20-13-7-9-15-22(20)23/h6-9,12-15,18,23-25H,2-5,10-11,16-17H2,1H3,(H,29,31)(H,30,34)(H,32,33)/t24-,25?/m0/s1. The van der Waals surface area contributed by atoms with E-state index in [1.807, 2.05) is 36.4 Å². The number of carboxylic acid groups (broad SMARTS) is 1. The van der Waals surface area contributed by atoms with Gasteiger partial charge in [-0.2, -0.15) is 0 Å². The third kappa shape index (κ3) is 5.84. The van der Waals surface area contributed by atoms with Gasteiger partial charge < -0.3 is 20.5 Å². The van der Waals surface area contributed by atoms with Crippen molar-refractivity contribution in [3.8, 4) is 11.1 Å². The molecule has 186 valence electrons. The van der Waals surface area contributed by atoms with Crippen molar-refractivity contribution >= 4 is 18.0 Å². The zero-order valence-electron chi connectivity index (χ0n) is 20.2. The Morgan fingerprint density at radius 3 is 2.09 bits per heavy atom. The second-order valence-corrected chi connectivity index (χ2v) is 9.57. The number of benzene rings is 2. The maximum absolute atomic E-state index is 12.8. The van der Waals surface area contributed by atoms with Gasteiger partial charge >= 0.3 is 12.1 Å². The van der Waals surface area contributed by atoms with E-state index in [1.54, 1.807) is 6.92 Å². The number of ether oxygens (including phenoxy) is 1. The first-order valence-corrected chi connectivity index (χ1v) is 12.6. The molecule has 2 aromatic rings. The second-order valence-electron chi connectivity index (χ2n) is 9.57. The van der Waals surface area contributed by atoms with E-state index in [9.17, 15) is 19.5 Å². The summed E-state index contributed by atoms with van der Waals surface area (Å²) < 4.78 is 5.55. The van der Waals surface area contributed by atoms with Gasteiger partial charge in [0.25, 0.3) is 0 Å². The molecule has 0 heterocycles. The highest BCUT2D eigenvalue weighted by atomic mass is 16.5. The molecule has 0 aliphatic heterocycles. The van der Waals surface area contributed by atoms with Crippen LogP contribution in [0.15, 0.2) is 48.5 Å². The lowest BCUT2D eigenvalue weighted by atomic mass is 9.85. The normalized spacial score (nSPS) is 17.1. The van der Waals surface area contributed by atoms with Gasteiger partial charge in [-0.25, -0.2) is 9.59 Å². The monoisotopic (exact) mass is 478 g/mol. The molecular weight excluding hydrogens is 444 g/mol. The van der Waals surface area contributed by atoms with Crippen LogP contribution in [0.25, 0.3) is 11.1 Å². The lowest BCUT2D eigenvalue weighted by Gasteiger charge is -2.26. The number of carbonyl (C=O) groups is 3. The molecule has 4 rings (SSSR count). The number of nitrogens with one attached hydrogen (secondary N) is 2. The number of carboxylic acids is 1. The van der Waals surface area contributed by atoms with E-state index in [1.165, 1.54) is 6.42 Å². The van der Waals surface area contributed by atoms with Crippen LogP contribution in [0.5, 0.6) is 0 Å². The molecule has 2 atom stereocenters. The molecule has 2 amide bonds. The van der Waals surface area contributed by atoms with Crippen molar-refractivity contribution in [1.29, 1.82) is 0 Å². The molecular formula is C28H34N2O5. The molecule has 0 radical (unpaired) electrons. The summed E-state index contributed by atoms with van der Waals surface area (Å²) in [6, 6.07) is 14.3. The summed E-state index contributed by atoms with van der Waals surface area (Å²) in [6.07, 6.45) is 5.44. The lowest BCUT2D eigenvalue weighted by molar-refractivity contribution is -0.142. The van der Waals surface area contributed by atoms with E-state index >= 15 is 0 Å². The van der Waals surface area contributed by atoms with E-state index in [4.69, 9.17) is 4.74 Å². The van der Waals surface area contributed by atoms with E-state index in [0.29, 0.717) is 18.8 Å². The van der Waals surface area contributed by atoms with Gasteiger partial charge in [0.1, 0.15) is 18.7 Å². The van der Waals surface area contributed by atoms with E-state index in [-0.39, 0.29) is 12.5 Å². The molecule has 35 heavy (non-hydrogen) atoms. The van der Waals surface area contributed by atoms with Crippen molar-refractivity contribution < 1.29 is 24.2 Å². The molecule has 0 aromatic heterocycles. The summed E-state index contributed by atoms with van der Waals surface area (Å²) in [5.41, 5.74) is 4.50. The summed E-state index contributed by atoms with van der Waals surface area (Å²) >= 11 is 0. The lowest BCUT2D eigenvalue weighted by Crippen LogP contribution is -2.52. The molecule has 1 saturated carbocycles. The Balaban J connectivity index is 1.33. The first-order valence-electron chi connectivity index (χ1n) is 12.6. The van der Waals surface area contributed by atoms with Gasteiger partial charge in [0, 0.05) is 5.92 Å². The Labute approximate surface area is 206 Å². The summed E-state index contributed by atoms with van der Waals surface area (Å²) in [5.74, 6) is -1.31. The molecule has 7 nitrogen and oxygen atoms in total. The summed E-state index contributed by atoms with van der Waals surface area (Å²) in [4.78, 5) is 37.2. The van der Waals surface area contributed by atoms with Crippen LogP contribution in [0, 0.1) is 5.92 Å². The second kappa shape index (κ2) is 11.4. The highest BCUT2D eigenvalue weighted by Gasteiger charge is 2.31. The number of hydrogen-bond donors (Lipinski definition) is 3. The Morgan fingerprint density at radius 2 is 1.51 bits per heavy atom. The van der Waals surface area contributed by atoms with Crippen molar-refractivity contribution in [3.05, 3.63) is 59.7 Å². The Kier molecular flexibility index (Phi) is 8.06. The van der Waals surface area contributed by atoms with Crippen molar-refractivity contribution in [1.82, 2.24) is 10.6 Å². The minimum absolute atomic E-state index is 0.0751. The van der Waals surface area contributed by atoms with Gasteiger partial charge in [0.15, 0.2) is 0 Å². The highest BCUT2D eigenvalue weighted by molar-refractivity contribution is 5.89. The van der Waals surface area contributed by atoms with Gasteiger partial charge in [-0.05, 0) is 41.0 Å². The Morgan fingerprint density at radius 1 is 0.914 bits per heavy atom. The van der Waals surface area contributed by atoms with Crippen LogP contribution < -0.4 is 10.6 Å². The Bertz CT molecular complexity index is 1020. The van der Waals surface area contributed by atoms with Gasteiger partial charge in [-0.15, -0.1) is 0 Å². The van der Waals surface area contributed by atoms with Crippen LogP contribution >= 0.6 is 0 Å². The van der Waals surface area contributed by atoms with Crippen LogP contribution in [-0.2, 0) is 14.3 Å². The fourth-order valence-electron chi connectivity index (χ4n) is 5.39. The predicted molar refractivity (Wildman–Crippen MR) is 133 cm³/mol. The fourth-order valence-corrected chi connectivity index (χ4v) is 5.39. The molecule has 0 spiro atoms. The fraction of sp³-hybridized carbons (Fsp3) is 0.464. The third-order valence-electron chi connectivity index (χ3n) is 7.27. The van der Waals surface area contributed by atoms with Crippen LogP contribution in [0.3, 0.4) is 0 Å². The summed E-state index contributed by atoms with van der Waals surface area (Å²) in [6.45, 7) is 1.92. The number of amides is 2. The smallest absolute Gasteiger partial charge is 0.407 e. The quantitative estimate of drug-likeness (QED) is 0.478. The third-order valence-corrected chi connectivity index (χ3v) is 7.27. The minimum Gasteiger partial charge on any atom is -0.480 e. The van der Waals surface area contributed by atoms with Crippen molar-refractivity contribution in [2.24, 2.45) is 5.92 Å². The molecule has 0 saturated heterocycles. The Hall–Kier alpha value is -3.35.